The Balaban J connectivity index is 1.84. The number of thiophene rings is 1. The minimum absolute atomic E-state index is 0.280. The van der Waals surface area contributed by atoms with Crippen LogP contribution in [0.5, 0.6) is 0 Å². The van der Waals surface area contributed by atoms with E-state index in [1.54, 1.807) is 11.3 Å². The smallest absolute Gasteiger partial charge is 0.0809 e. The van der Waals surface area contributed by atoms with Crippen LogP contribution >= 0.6 is 11.3 Å². The second-order valence-electron chi connectivity index (χ2n) is 5.79. The molecule has 0 saturated carbocycles. The molecule has 4 heteroatoms. The number of nitrogens with one attached hydrogen (secondary N) is 1. The fourth-order valence-corrected chi connectivity index (χ4v) is 3.36. The summed E-state index contributed by atoms with van der Waals surface area (Å²) >= 11 is 1.73. The number of hydrogen-bond acceptors (Lipinski definition) is 4. The SMILES string of the molecule is CC(C)CC(CCO)CNCc1cnc2ccsc2c1. The topological polar surface area (TPSA) is 45.1 Å². The molecule has 0 saturated heterocycles. The first kappa shape index (κ1) is 15.4. The first-order chi connectivity index (χ1) is 9.69. The fraction of sp³-hybridized carbons (Fsp3) is 0.562. The van der Waals surface area contributed by atoms with Gasteiger partial charge in [-0.2, -0.15) is 0 Å². The molecule has 0 aliphatic rings. The summed E-state index contributed by atoms with van der Waals surface area (Å²) in [7, 11) is 0. The molecule has 2 rings (SSSR count). The van der Waals surface area contributed by atoms with E-state index in [-0.39, 0.29) is 6.61 Å². The number of aromatic nitrogens is 1. The summed E-state index contributed by atoms with van der Waals surface area (Å²) in [5.41, 5.74) is 2.31. The molecule has 2 aromatic rings. The molecule has 0 bridgehead atoms. The highest BCUT2D eigenvalue weighted by molar-refractivity contribution is 7.17. The predicted molar refractivity (Wildman–Crippen MR) is 86.0 cm³/mol. The molecule has 2 heterocycles. The Bertz CT molecular complexity index is 524. The summed E-state index contributed by atoms with van der Waals surface area (Å²) in [6, 6.07) is 4.26. The number of nitrogens with zero attached hydrogens (tertiary/aromatic N) is 1. The van der Waals surface area contributed by atoms with Gasteiger partial charge in [0.05, 0.1) is 10.2 Å². The van der Waals surface area contributed by atoms with Crippen LogP contribution in [0, 0.1) is 11.8 Å². The van der Waals surface area contributed by atoms with Crippen molar-refractivity contribution in [1.82, 2.24) is 10.3 Å². The van der Waals surface area contributed by atoms with Crippen LogP contribution in [-0.2, 0) is 6.54 Å². The minimum Gasteiger partial charge on any atom is -0.396 e. The van der Waals surface area contributed by atoms with Crippen LogP contribution in [0.25, 0.3) is 10.2 Å². The summed E-state index contributed by atoms with van der Waals surface area (Å²) in [5.74, 6) is 1.23. The molecule has 1 unspecified atom stereocenters. The van der Waals surface area contributed by atoms with Gasteiger partial charge in [0.2, 0.25) is 0 Å². The van der Waals surface area contributed by atoms with Crippen molar-refractivity contribution < 1.29 is 5.11 Å². The maximum Gasteiger partial charge on any atom is 0.0809 e. The van der Waals surface area contributed by atoms with Gasteiger partial charge in [0, 0.05) is 19.3 Å². The molecule has 0 aromatic carbocycles. The molecular formula is C16H24N2OS. The molecule has 0 aliphatic carbocycles. The number of pyridine rings is 1. The fourth-order valence-electron chi connectivity index (χ4n) is 2.56. The molecule has 2 N–H and O–H groups in total. The third-order valence-electron chi connectivity index (χ3n) is 3.46. The predicted octanol–water partition coefficient (Wildman–Crippen LogP) is 3.43. The normalized spacial score (nSPS) is 13.2. The van der Waals surface area contributed by atoms with Crippen molar-refractivity contribution >= 4 is 21.6 Å². The van der Waals surface area contributed by atoms with Crippen LogP contribution < -0.4 is 5.32 Å². The van der Waals surface area contributed by atoms with Crippen LogP contribution in [0.15, 0.2) is 23.7 Å². The number of fused-ring (bicyclic) bond motifs is 1. The minimum atomic E-state index is 0.280. The highest BCUT2D eigenvalue weighted by atomic mass is 32.1. The second kappa shape index (κ2) is 7.72. The molecule has 0 fully saturated rings. The van der Waals surface area contributed by atoms with Crippen molar-refractivity contribution in [1.29, 1.82) is 0 Å². The lowest BCUT2D eigenvalue weighted by atomic mass is 9.94. The molecular weight excluding hydrogens is 268 g/mol. The van der Waals surface area contributed by atoms with Gasteiger partial charge >= 0.3 is 0 Å². The van der Waals surface area contributed by atoms with Gasteiger partial charge in [0.1, 0.15) is 0 Å². The largest absolute Gasteiger partial charge is 0.396 e. The third-order valence-corrected chi connectivity index (χ3v) is 4.32. The van der Waals surface area contributed by atoms with Crippen LogP contribution in [0.4, 0.5) is 0 Å². The van der Waals surface area contributed by atoms with E-state index in [1.807, 2.05) is 6.20 Å². The van der Waals surface area contributed by atoms with Gasteiger partial charge < -0.3 is 10.4 Å². The van der Waals surface area contributed by atoms with Gasteiger partial charge in [0.25, 0.3) is 0 Å². The van der Waals surface area contributed by atoms with Gasteiger partial charge in [-0.3, -0.25) is 4.98 Å². The molecule has 0 radical (unpaired) electrons. The third kappa shape index (κ3) is 4.54. The Morgan fingerprint density at radius 2 is 2.25 bits per heavy atom. The first-order valence-corrected chi connectivity index (χ1v) is 8.20. The van der Waals surface area contributed by atoms with Crippen molar-refractivity contribution in [3.05, 3.63) is 29.3 Å². The Kier molecular flexibility index (Phi) is 5.95. The van der Waals surface area contributed by atoms with Crippen LogP contribution in [0.2, 0.25) is 0 Å². The highest BCUT2D eigenvalue weighted by Gasteiger charge is 2.10. The molecule has 3 nitrogen and oxygen atoms in total. The summed E-state index contributed by atoms with van der Waals surface area (Å²) in [5, 5.41) is 14.7. The first-order valence-electron chi connectivity index (χ1n) is 7.32. The summed E-state index contributed by atoms with van der Waals surface area (Å²) in [6.45, 7) is 6.56. The van der Waals surface area contributed by atoms with Gasteiger partial charge in [-0.1, -0.05) is 13.8 Å². The Morgan fingerprint density at radius 1 is 1.40 bits per heavy atom. The molecule has 0 aliphatic heterocycles. The molecule has 20 heavy (non-hydrogen) atoms. The Hall–Kier alpha value is -0.970. The standard InChI is InChI=1S/C16H24N2OS/c1-12(2)7-13(3-5-19)9-17-10-14-8-16-15(18-11-14)4-6-20-16/h4,6,8,11-13,17,19H,3,5,7,9-10H2,1-2H3. The molecule has 0 amide bonds. The van der Waals surface area contributed by atoms with Crippen molar-refractivity contribution in [2.45, 2.75) is 33.2 Å². The average molecular weight is 292 g/mol. The van der Waals surface area contributed by atoms with Crippen molar-refractivity contribution in [3.63, 3.8) is 0 Å². The molecule has 2 aromatic heterocycles. The lowest BCUT2D eigenvalue weighted by Gasteiger charge is -2.18. The monoisotopic (exact) mass is 292 g/mol. The van der Waals surface area contributed by atoms with E-state index >= 15 is 0 Å². The van der Waals surface area contributed by atoms with E-state index in [9.17, 15) is 0 Å². The van der Waals surface area contributed by atoms with Crippen molar-refractivity contribution in [2.75, 3.05) is 13.2 Å². The molecule has 1 atom stereocenters. The molecule has 110 valence electrons. The van der Waals surface area contributed by atoms with Gasteiger partial charge in [-0.25, -0.2) is 0 Å². The Morgan fingerprint density at radius 3 is 3.00 bits per heavy atom. The van der Waals surface area contributed by atoms with E-state index in [2.05, 4.69) is 41.7 Å². The van der Waals surface area contributed by atoms with E-state index in [1.165, 1.54) is 10.3 Å². The lowest BCUT2D eigenvalue weighted by molar-refractivity contribution is 0.239. The lowest BCUT2D eigenvalue weighted by Crippen LogP contribution is -2.24. The highest BCUT2D eigenvalue weighted by Crippen LogP contribution is 2.19. The van der Waals surface area contributed by atoms with Crippen molar-refractivity contribution in [3.8, 4) is 0 Å². The van der Waals surface area contributed by atoms with Gasteiger partial charge in [0.15, 0.2) is 0 Å². The zero-order chi connectivity index (χ0) is 14.4. The second-order valence-corrected chi connectivity index (χ2v) is 6.73. The quantitative estimate of drug-likeness (QED) is 0.783. The van der Waals surface area contributed by atoms with Crippen molar-refractivity contribution in [2.24, 2.45) is 11.8 Å². The Labute approximate surface area is 125 Å². The van der Waals surface area contributed by atoms with Gasteiger partial charge in [-0.05, 0) is 54.3 Å². The number of rotatable bonds is 8. The zero-order valence-corrected chi connectivity index (χ0v) is 13.1. The van der Waals surface area contributed by atoms with Crippen LogP contribution in [0.3, 0.4) is 0 Å². The van der Waals surface area contributed by atoms with Gasteiger partial charge in [-0.15, -0.1) is 11.3 Å². The van der Waals surface area contributed by atoms with E-state index in [4.69, 9.17) is 5.11 Å². The number of aliphatic hydroxyl groups excluding tert-OH is 1. The van der Waals surface area contributed by atoms with E-state index < -0.39 is 0 Å². The zero-order valence-electron chi connectivity index (χ0n) is 12.3. The number of aliphatic hydroxyl groups is 1. The summed E-state index contributed by atoms with van der Waals surface area (Å²) < 4.78 is 1.25. The van der Waals surface area contributed by atoms with Crippen LogP contribution in [-0.4, -0.2) is 23.2 Å². The number of hydrogen-bond donors (Lipinski definition) is 2. The van der Waals surface area contributed by atoms with Crippen LogP contribution in [0.1, 0.15) is 32.3 Å². The summed E-state index contributed by atoms with van der Waals surface area (Å²) in [6.07, 6.45) is 3.99. The van der Waals surface area contributed by atoms with E-state index in [0.29, 0.717) is 11.8 Å². The maximum atomic E-state index is 9.12. The maximum absolute atomic E-state index is 9.12. The molecule has 0 spiro atoms. The average Bonchev–Trinajstić information content (AvgIpc) is 2.85. The summed E-state index contributed by atoms with van der Waals surface area (Å²) in [4.78, 5) is 4.45. The van der Waals surface area contributed by atoms with E-state index in [0.717, 1.165) is 31.4 Å².